The van der Waals surface area contributed by atoms with Gasteiger partial charge in [-0.15, -0.1) is 10.2 Å². The van der Waals surface area contributed by atoms with Crippen LogP contribution in [0.2, 0.25) is 0 Å². The first-order chi connectivity index (χ1) is 13.4. The van der Waals surface area contributed by atoms with Crippen molar-refractivity contribution in [1.82, 2.24) is 24.9 Å². The van der Waals surface area contributed by atoms with E-state index in [0.29, 0.717) is 17.9 Å². The Balaban J connectivity index is 1.70. The summed E-state index contributed by atoms with van der Waals surface area (Å²) in [7, 11) is -2.07. The number of benzene rings is 2. The summed E-state index contributed by atoms with van der Waals surface area (Å²) in [6.45, 7) is 1.91. The third kappa shape index (κ3) is 4.91. The van der Waals surface area contributed by atoms with Crippen LogP contribution in [0.4, 0.5) is 0 Å². The summed E-state index contributed by atoms with van der Waals surface area (Å²) in [6, 6.07) is 13.7. The van der Waals surface area contributed by atoms with Crippen molar-refractivity contribution in [1.29, 1.82) is 0 Å². The highest BCUT2D eigenvalue weighted by Gasteiger charge is 2.15. The van der Waals surface area contributed by atoms with Crippen LogP contribution in [0.5, 0.6) is 5.75 Å². The molecule has 0 aliphatic rings. The van der Waals surface area contributed by atoms with E-state index in [1.165, 1.54) is 23.9 Å². The first-order valence-corrected chi connectivity index (χ1v) is 10.0. The second-order valence-electron chi connectivity index (χ2n) is 6.22. The van der Waals surface area contributed by atoms with Crippen molar-refractivity contribution < 1.29 is 18.3 Å². The Bertz CT molecular complexity index is 1010. The number of aliphatic hydroxyl groups is 1. The van der Waals surface area contributed by atoms with E-state index < -0.39 is 16.1 Å². The zero-order valence-corrected chi connectivity index (χ0v) is 16.3. The number of aliphatic hydroxyl groups excluding tert-OH is 1. The first-order valence-electron chi connectivity index (χ1n) is 8.56. The molecule has 0 radical (unpaired) electrons. The number of ether oxygens (including phenoxy) is 1. The highest BCUT2D eigenvalue weighted by Crippen LogP contribution is 2.18. The monoisotopic (exact) mass is 403 g/mol. The van der Waals surface area contributed by atoms with Gasteiger partial charge in [0.15, 0.2) is 0 Å². The van der Waals surface area contributed by atoms with Crippen molar-refractivity contribution >= 4 is 10.0 Å². The summed E-state index contributed by atoms with van der Waals surface area (Å²) in [5.74, 6) is 1.17. The number of hydrogen-bond acceptors (Lipinski definition) is 7. The number of sulfonamides is 1. The van der Waals surface area contributed by atoms with Gasteiger partial charge in [-0.1, -0.05) is 12.1 Å². The molecule has 2 aromatic carbocycles. The molecular formula is C18H21N5O4S. The summed E-state index contributed by atoms with van der Waals surface area (Å²) in [6.07, 6.45) is -0.765. The Hall–Kier alpha value is -2.82. The molecule has 0 bridgehead atoms. The lowest BCUT2D eigenvalue weighted by Gasteiger charge is -2.08. The molecule has 0 aliphatic carbocycles. The number of aromatic nitrogens is 4. The zero-order chi connectivity index (χ0) is 20.1. The smallest absolute Gasteiger partial charge is 0.240 e. The van der Waals surface area contributed by atoms with Gasteiger partial charge in [-0.2, -0.15) is 4.80 Å². The molecule has 1 heterocycles. The van der Waals surface area contributed by atoms with Crippen LogP contribution in [0, 0.1) is 0 Å². The second kappa shape index (κ2) is 8.46. The van der Waals surface area contributed by atoms with E-state index in [1.54, 1.807) is 19.2 Å². The van der Waals surface area contributed by atoms with Crippen molar-refractivity contribution in [2.24, 2.45) is 0 Å². The predicted octanol–water partition coefficient (Wildman–Crippen LogP) is 1.06. The van der Waals surface area contributed by atoms with Crippen LogP contribution in [0.3, 0.4) is 0 Å². The molecule has 10 heteroatoms. The fraction of sp³-hybridized carbons (Fsp3) is 0.278. The predicted molar refractivity (Wildman–Crippen MR) is 102 cm³/mol. The third-order valence-electron chi connectivity index (χ3n) is 3.93. The Kier molecular flexibility index (Phi) is 6.02. The quantitative estimate of drug-likeness (QED) is 0.577. The minimum atomic E-state index is -3.68. The molecule has 2 N–H and O–H groups in total. The minimum Gasteiger partial charge on any atom is -0.497 e. The highest BCUT2D eigenvalue weighted by atomic mass is 32.2. The van der Waals surface area contributed by atoms with E-state index in [-0.39, 0.29) is 11.4 Å². The lowest BCUT2D eigenvalue weighted by Crippen LogP contribution is -2.30. The van der Waals surface area contributed by atoms with Crippen molar-refractivity contribution in [3.8, 4) is 17.1 Å². The van der Waals surface area contributed by atoms with Crippen LogP contribution < -0.4 is 9.46 Å². The number of nitrogens with one attached hydrogen (secondary N) is 1. The molecule has 1 atom stereocenters. The molecule has 0 aliphatic heterocycles. The van der Waals surface area contributed by atoms with E-state index in [0.717, 1.165) is 11.3 Å². The van der Waals surface area contributed by atoms with Gasteiger partial charge in [-0.3, -0.25) is 0 Å². The van der Waals surface area contributed by atoms with E-state index in [9.17, 15) is 13.5 Å². The molecule has 9 nitrogen and oxygen atoms in total. The zero-order valence-electron chi connectivity index (χ0n) is 15.5. The van der Waals surface area contributed by atoms with Gasteiger partial charge < -0.3 is 9.84 Å². The van der Waals surface area contributed by atoms with Crippen LogP contribution >= 0.6 is 0 Å². The van der Waals surface area contributed by atoms with Gasteiger partial charge in [0.2, 0.25) is 15.8 Å². The Morgan fingerprint density at radius 1 is 1.14 bits per heavy atom. The molecule has 0 fully saturated rings. The minimum absolute atomic E-state index is 0.0503. The van der Waals surface area contributed by atoms with Gasteiger partial charge in [0.05, 0.1) is 24.7 Å². The number of rotatable bonds is 8. The molecule has 0 unspecified atom stereocenters. The Morgan fingerprint density at radius 2 is 1.82 bits per heavy atom. The molecule has 28 heavy (non-hydrogen) atoms. The lowest BCUT2D eigenvalue weighted by molar-refractivity contribution is 0.198. The van der Waals surface area contributed by atoms with Crippen LogP contribution in [0.15, 0.2) is 53.4 Å². The molecule has 0 saturated carbocycles. The van der Waals surface area contributed by atoms with Crippen LogP contribution in [0.1, 0.15) is 12.5 Å². The Labute approximate surface area is 163 Å². The molecule has 0 amide bonds. The van der Waals surface area contributed by atoms with E-state index in [1.807, 2.05) is 24.3 Å². The molecule has 0 saturated heterocycles. The van der Waals surface area contributed by atoms with Gasteiger partial charge in [-0.05, 0) is 54.1 Å². The standard InChI is InChI=1S/C18H21N5O4S/c1-13(24)11-19-28(25,26)17-9-5-15(6-10-17)18-20-22-23(21-18)12-14-3-7-16(27-2)8-4-14/h3-10,13,19,24H,11-12H2,1-2H3/t13-/m1/s1. The average Bonchev–Trinajstić information content (AvgIpc) is 3.16. The maximum Gasteiger partial charge on any atom is 0.240 e. The van der Waals surface area contributed by atoms with Crippen molar-refractivity contribution in [3.05, 3.63) is 54.1 Å². The van der Waals surface area contributed by atoms with Gasteiger partial charge in [0, 0.05) is 12.1 Å². The summed E-state index contributed by atoms with van der Waals surface area (Å²) in [5.41, 5.74) is 1.64. The number of methoxy groups -OCH3 is 1. The van der Waals surface area contributed by atoms with Crippen LogP contribution in [-0.2, 0) is 16.6 Å². The number of hydrogen-bond donors (Lipinski definition) is 2. The van der Waals surface area contributed by atoms with E-state index in [2.05, 4.69) is 20.1 Å². The molecule has 1 aromatic heterocycles. The first kappa shape index (κ1) is 19.9. The van der Waals surface area contributed by atoms with Crippen LogP contribution in [-0.4, -0.2) is 53.5 Å². The molecule has 0 spiro atoms. The average molecular weight is 403 g/mol. The molecule has 148 valence electrons. The SMILES string of the molecule is COc1ccc(Cn2nnc(-c3ccc(S(=O)(=O)NC[C@@H](C)O)cc3)n2)cc1. The van der Waals surface area contributed by atoms with Gasteiger partial charge in [0.25, 0.3) is 0 Å². The topological polar surface area (TPSA) is 119 Å². The highest BCUT2D eigenvalue weighted by molar-refractivity contribution is 7.89. The normalized spacial score (nSPS) is 12.7. The Morgan fingerprint density at radius 3 is 2.43 bits per heavy atom. The van der Waals surface area contributed by atoms with E-state index in [4.69, 9.17) is 4.74 Å². The largest absolute Gasteiger partial charge is 0.497 e. The fourth-order valence-electron chi connectivity index (χ4n) is 2.42. The maximum absolute atomic E-state index is 12.2. The maximum atomic E-state index is 12.2. The van der Waals surface area contributed by atoms with Crippen molar-refractivity contribution in [2.45, 2.75) is 24.5 Å². The summed E-state index contributed by atoms with van der Waals surface area (Å²) in [5, 5.41) is 21.6. The van der Waals surface area contributed by atoms with Crippen molar-refractivity contribution in [3.63, 3.8) is 0 Å². The second-order valence-corrected chi connectivity index (χ2v) is 7.98. The number of tetrazole rings is 1. The lowest BCUT2D eigenvalue weighted by atomic mass is 10.2. The number of nitrogens with zero attached hydrogens (tertiary/aromatic N) is 4. The van der Waals surface area contributed by atoms with E-state index >= 15 is 0 Å². The van der Waals surface area contributed by atoms with Gasteiger partial charge in [-0.25, -0.2) is 13.1 Å². The summed E-state index contributed by atoms with van der Waals surface area (Å²) < 4.78 is 31.8. The fourth-order valence-corrected chi connectivity index (χ4v) is 3.54. The molecular weight excluding hydrogens is 382 g/mol. The summed E-state index contributed by atoms with van der Waals surface area (Å²) >= 11 is 0. The molecule has 3 aromatic rings. The van der Waals surface area contributed by atoms with Gasteiger partial charge in [0.1, 0.15) is 5.75 Å². The van der Waals surface area contributed by atoms with Crippen LogP contribution in [0.25, 0.3) is 11.4 Å². The van der Waals surface area contributed by atoms with Crippen molar-refractivity contribution in [2.75, 3.05) is 13.7 Å². The van der Waals surface area contributed by atoms with Gasteiger partial charge >= 0.3 is 0 Å². The summed E-state index contributed by atoms with van der Waals surface area (Å²) in [4.78, 5) is 1.56. The third-order valence-corrected chi connectivity index (χ3v) is 5.37. The molecule has 3 rings (SSSR count).